The summed E-state index contributed by atoms with van der Waals surface area (Å²) in [6.07, 6.45) is 0.848. The predicted octanol–water partition coefficient (Wildman–Crippen LogP) is 5.31. The van der Waals surface area contributed by atoms with Crippen LogP contribution >= 0.6 is 11.3 Å². The summed E-state index contributed by atoms with van der Waals surface area (Å²) in [5.74, 6) is -0.117. The van der Waals surface area contributed by atoms with Gasteiger partial charge in [0.25, 0.3) is 21.8 Å². The summed E-state index contributed by atoms with van der Waals surface area (Å²) in [6, 6.07) is 23.9. The van der Waals surface area contributed by atoms with Crippen molar-refractivity contribution < 1.29 is 27.9 Å². The maximum atomic E-state index is 13.9. The molecule has 0 fully saturated rings. The summed E-state index contributed by atoms with van der Waals surface area (Å²) < 4.78 is 34.2. The fourth-order valence-electron chi connectivity index (χ4n) is 5.29. The number of thiophene rings is 1. The van der Waals surface area contributed by atoms with Crippen molar-refractivity contribution in [2.24, 2.45) is 0 Å². The molecule has 0 saturated carbocycles. The van der Waals surface area contributed by atoms with Crippen LogP contribution in [0.4, 0.5) is 5.69 Å². The lowest BCUT2D eigenvalue weighted by Gasteiger charge is -2.25. The van der Waals surface area contributed by atoms with Gasteiger partial charge in [0.1, 0.15) is 9.96 Å². The number of carbonyl (C=O) groups is 2. The lowest BCUT2D eigenvalue weighted by atomic mass is 10.00. The molecule has 4 N–H and O–H groups in total. The van der Waals surface area contributed by atoms with Crippen molar-refractivity contribution in [3.8, 4) is 5.75 Å². The van der Waals surface area contributed by atoms with Crippen molar-refractivity contribution in [1.29, 1.82) is 0 Å². The normalized spacial score (nSPS) is 12.6. The van der Waals surface area contributed by atoms with Crippen molar-refractivity contribution >= 4 is 38.9 Å². The molecule has 0 radical (unpaired) electrons. The molecular formula is C36H44N4O6S2. The van der Waals surface area contributed by atoms with Crippen LogP contribution in [-0.2, 0) is 23.0 Å². The Morgan fingerprint density at radius 3 is 2.27 bits per heavy atom. The smallest absolute Gasteiger partial charge is 0.271 e. The first-order valence-electron chi connectivity index (χ1n) is 16.0. The Kier molecular flexibility index (Phi) is 13.6. The Morgan fingerprint density at radius 1 is 0.896 bits per heavy atom. The molecule has 0 aliphatic rings. The van der Waals surface area contributed by atoms with Gasteiger partial charge in [-0.25, -0.2) is 8.42 Å². The van der Waals surface area contributed by atoms with Gasteiger partial charge in [-0.05, 0) is 72.2 Å². The van der Waals surface area contributed by atoms with Crippen LogP contribution in [0.15, 0.2) is 94.5 Å². The Balaban J connectivity index is 1.61. The average molecular weight is 693 g/mol. The number of ether oxygens (including phenoxy) is 1. The fraction of sp³-hybridized carbons (Fsp3) is 0.333. The van der Waals surface area contributed by atoms with E-state index in [2.05, 4.69) is 15.4 Å². The van der Waals surface area contributed by atoms with Crippen molar-refractivity contribution in [3.05, 3.63) is 113 Å². The topological polar surface area (TPSA) is 137 Å². The number of hydrogen-bond donors (Lipinski definition) is 4. The lowest BCUT2D eigenvalue weighted by Crippen LogP contribution is -2.48. The van der Waals surface area contributed by atoms with E-state index in [1.54, 1.807) is 23.5 Å². The highest BCUT2D eigenvalue weighted by Gasteiger charge is 2.25. The number of nitrogens with one attached hydrogen (secondary N) is 3. The quantitative estimate of drug-likeness (QED) is 0.111. The van der Waals surface area contributed by atoms with Gasteiger partial charge in [-0.1, -0.05) is 62.4 Å². The molecule has 4 rings (SSSR count). The van der Waals surface area contributed by atoms with Gasteiger partial charge in [-0.15, -0.1) is 11.3 Å². The molecule has 4 aromatic rings. The van der Waals surface area contributed by atoms with Crippen LogP contribution in [0, 0.1) is 0 Å². The van der Waals surface area contributed by atoms with Crippen LogP contribution in [0.5, 0.6) is 5.75 Å². The molecule has 256 valence electrons. The van der Waals surface area contributed by atoms with E-state index in [1.807, 2.05) is 68.4 Å². The second kappa shape index (κ2) is 17.8. The number of aliphatic hydroxyl groups excluding tert-OH is 1. The fourth-order valence-corrected chi connectivity index (χ4v) is 7.33. The number of methoxy groups -OCH3 is 1. The number of anilines is 1. The number of carbonyl (C=O) groups excluding carboxylic acids is 2. The molecule has 0 unspecified atom stereocenters. The highest BCUT2D eigenvalue weighted by molar-refractivity contribution is 7.94. The van der Waals surface area contributed by atoms with Crippen molar-refractivity contribution in [3.63, 3.8) is 0 Å². The van der Waals surface area contributed by atoms with E-state index in [0.29, 0.717) is 26.1 Å². The molecule has 2 amide bonds. The first-order chi connectivity index (χ1) is 23.1. The molecule has 0 spiro atoms. The molecular weight excluding hydrogens is 649 g/mol. The van der Waals surface area contributed by atoms with Crippen LogP contribution < -0.4 is 20.1 Å². The molecule has 10 nitrogen and oxygen atoms in total. The van der Waals surface area contributed by atoms with E-state index in [9.17, 15) is 23.1 Å². The van der Waals surface area contributed by atoms with Gasteiger partial charge < -0.3 is 25.4 Å². The maximum absolute atomic E-state index is 13.9. The summed E-state index contributed by atoms with van der Waals surface area (Å²) in [6.45, 7) is 5.65. The van der Waals surface area contributed by atoms with Gasteiger partial charge in [0.15, 0.2) is 0 Å². The van der Waals surface area contributed by atoms with Crippen LogP contribution in [0.25, 0.3) is 0 Å². The number of sulfonamides is 1. The number of nitrogens with zero attached hydrogens (tertiary/aromatic N) is 1. The van der Waals surface area contributed by atoms with E-state index in [-0.39, 0.29) is 33.5 Å². The number of benzene rings is 3. The van der Waals surface area contributed by atoms with Gasteiger partial charge in [-0.3, -0.25) is 14.3 Å². The van der Waals surface area contributed by atoms with Crippen LogP contribution in [0.2, 0.25) is 0 Å². The predicted molar refractivity (Wildman–Crippen MR) is 190 cm³/mol. The lowest BCUT2D eigenvalue weighted by molar-refractivity contribution is 0.0755. The zero-order valence-electron chi connectivity index (χ0n) is 27.5. The molecule has 0 aliphatic carbocycles. The van der Waals surface area contributed by atoms with Gasteiger partial charge in [-0.2, -0.15) is 0 Å². The molecule has 0 bridgehead atoms. The van der Waals surface area contributed by atoms with Gasteiger partial charge >= 0.3 is 0 Å². The molecule has 12 heteroatoms. The van der Waals surface area contributed by atoms with Crippen LogP contribution in [0.3, 0.4) is 0 Å². The number of rotatable bonds is 18. The number of amides is 2. The third kappa shape index (κ3) is 10.4. The SMILES string of the molecule is CCCN(CCC)C(=O)c1cc(NS(=O)(=O)c2cccs2)cc(C(=O)N[C@H](Cc2ccccc2)[C@H](O)CNCc2cccc(OC)c2)c1. The van der Waals surface area contributed by atoms with Crippen LogP contribution in [-0.4, -0.2) is 69.1 Å². The maximum Gasteiger partial charge on any atom is 0.271 e. The first-order valence-corrected chi connectivity index (χ1v) is 18.4. The third-order valence-electron chi connectivity index (χ3n) is 7.62. The minimum Gasteiger partial charge on any atom is -0.497 e. The van der Waals surface area contributed by atoms with Gasteiger partial charge in [0.05, 0.1) is 24.9 Å². The molecule has 1 aromatic heterocycles. The number of hydrogen-bond acceptors (Lipinski definition) is 8. The zero-order chi connectivity index (χ0) is 34.5. The third-order valence-corrected chi connectivity index (χ3v) is 10.4. The zero-order valence-corrected chi connectivity index (χ0v) is 29.1. The highest BCUT2D eigenvalue weighted by atomic mass is 32.2. The van der Waals surface area contributed by atoms with E-state index < -0.39 is 28.1 Å². The van der Waals surface area contributed by atoms with E-state index in [4.69, 9.17) is 4.74 Å². The van der Waals surface area contributed by atoms with Crippen molar-refractivity contribution in [1.82, 2.24) is 15.5 Å². The largest absolute Gasteiger partial charge is 0.497 e. The standard InChI is InChI=1S/C36H44N4O6S2/c1-4-16-40(17-5-2)36(43)29-21-28(22-30(23-29)39-48(44,45)34-15-10-18-47-34)35(42)38-32(20-26-11-7-6-8-12-26)33(41)25-37-24-27-13-9-14-31(19-27)46-3/h6-15,18-19,21-23,32-33,37,39,41H,4-5,16-17,20,24-25H2,1-3H3,(H,38,42)/t32-,33-/m1/s1. The Hall–Kier alpha value is -4.23. The first kappa shape index (κ1) is 36.6. The monoisotopic (exact) mass is 692 g/mol. The second-order valence-corrected chi connectivity index (χ2v) is 14.3. The molecule has 0 aliphatic heterocycles. The Labute approximate surface area is 287 Å². The average Bonchev–Trinajstić information content (AvgIpc) is 3.64. The van der Waals surface area contributed by atoms with Crippen molar-refractivity contribution in [2.45, 2.75) is 56.0 Å². The van der Waals surface area contributed by atoms with Crippen molar-refractivity contribution in [2.75, 3.05) is 31.5 Å². The summed E-state index contributed by atoms with van der Waals surface area (Å²) in [5, 5.41) is 19.2. The minimum atomic E-state index is -3.95. The van der Waals surface area contributed by atoms with E-state index >= 15 is 0 Å². The second-order valence-electron chi connectivity index (χ2n) is 11.4. The van der Waals surface area contributed by atoms with Crippen LogP contribution in [0.1, 0.15) is 58.5 Å². The van der Waals surface area contributed by atoms with E-state index in [0.717, 1.165) is 41.1 Å². The minimum absolute atomic E-state index is 0.0901. The summed E-state index contributed by atoms with van der Waals surface area (Å²) >= 11 is 1.06. The molecule has 0 saturated heterocycles. The summed E-state index contributed by atoms with van der Waals surface area (Å²) in [5.41, 5.74) is 2.26. The Morgan fingerprint density at radius 2 is 1.60 bits per heavy atom. The molecule has 2 atom stereocenters. The molecule has 3 aromatic carbocycles. The van der Waals surface area contributed by atoms with Gasteiger partial charge in [0.2, 0.25) is 0 Å². The van der Waals surface area contributed by atoms with Gasteiger partial charge in [0, 0.05) is 37.3 Å². The highest BCUT2D eigenvalue weighted by Crippen LogP contribution is 2.24. The molecule has 48 heavy (non-hydrogen) atoms. The Bertz CT molecular complexity index is 1730. The molecule has 1 heterocycles. The van der Waals surface area contributed by atoms with E-state index in [1.165, 1.54) is 24.3 Å². The summed E-state index contributed by atoms with van der Waals surface area (Å²) in [4.78, 5) is 29.3. The summed E-state index contributed by atoms with van der Waals surface area (Å²) in [7, 11) is -2.35. The number of aliphatic hydroxyl groups is 1.